The van der Waals surface area contributed by atoms with Crippen LogP contribution in [0.4, 0.5) is 57.1 Å². The average Bonchev–Trinajstić information content (AvgIpc) is 2.58. The standard InChI is InChI=1S/C16H11F13O/c1-8(30)10-4-2-9(3-5-10)6-7-11(17,18)12(19,20)13(21,22)14(23,24)15(25,26)16(27,28)29/h2-5H,6-7H2,1H3. The molecule has 0 atom stereocenters. The highest BCUT2D eigenvalue weighted by molar-refractivity contribution is 5.93. The van der Waals surface area contributed by atoms with Crippen molar-refractivity contribution in [3.8, 4) is 0 Å². The van der Waals surface area contributed by atoms with Gasteiger partial charge in [-0.3, -0.25) is 4.79 Å². The lowest BCUT2D eigenvalue weighted by Crippen LogP contribution is -2.70. The Morgan fingerprint density at radius 1 is 0.667 bits per heavy atom. The van der Waals surface area contributed by atoms with Crippen LogP contribution >= 0.6 is 0 Å². The Morgan fingerprint density at radius 3 is 1.43 bits per heavy atom. The first-order chi connectivity index (χ1) is 13.1. The summed E-state index contributed by atoms with van der Waals surface area (Å²) in [5.74, 6) is -37.3. The first kappa shape index (κ1) is 26.0. The van der Waals surface area contributed by atoms with Gasteiger partial charge in [0.2, 0.25) is 0 Å². The van der Waals surface area contributed by atoms with Gasteiger partial charge in [-0.05, 0) is 18.9 Å². The summed E-state index contributed by atoms with van der Waals surface area (Å²) in [6.07, 6.45) is -10.9. The number of Topliss-reactive ketones (excluding diaryl/α,β-unsaturated/α-hetero) is 1. The number of carbonyl (C=O) groups is 1. The lowest BCUT2D eigenvalue weighted by molar-refractivity contribution is -0.440. The fraction of sp³-hybridized carbons (Fsp3) is 0.562. The van der Waals surface area contributed by atoms with Crippen LogP contribution in [0.3, 0.4) is 0 Å². The van der Waals surface area contributed by atoms with Crippen molar-refractivity contribution in [2.45, 2.75) is 55.6 Å². The van der Waals surface area contributed by atoms with Gasteiger partial charge < -0.3 is 0 Å². The molecule has 1 aromatic rings. The molecule has 0 N–H and O–H groups in total. The van der Waals surface area contributed by atoms with E-state index >= 15 is 0 Å². The van der Waals surface area contributed by atoms with E-state index in [0.717, 1.165) is 31.2 Å². The second-order valence-electron chi connectivity index (χ2n) is 6.25. The fourth-order valence-corrected chi connectivity index (χ4v) is 2.17. The van der Waals surface area contributed by atoms with E-state index in [0.29, 0.717) is 0 Å². The highest BCUT2D eigenvalue weighted by Crippen LogP contribution is 2.60. The number of ketones is 1. The summed E-state index contributed by atoms with van der Waals surface area (Å²) in [6, 6.07) is 3.96. The molecule has 0 fully saturated rings. The molecule has 0 aliphatic heterocycles. The summed E-state index contributed by atoms with van der Waals surface area (Å²) in [5.41, 5.74) is -0.206. The molecule has 0 radical (unpaired) electrons. The smallest absolute Gasteiger partial charge is 0.295 e. The second kappa shape index (κ2) is 7.59. The van der Waals surface area contributed by atoms with Crippen molar-refractivity contribution < 1.29 is 61.9 Å². The van der Waals surface area contributed by atoms with Gasteiger partial charge in [0, 0.05) is 12.0 Å². The van der Waals surface area contributed by atoms with E-state index in [9.17, 15) is 61.9 Å². The topological polar surface area (TPSA) is 17.1 Å². The third-order valence-corrected chi connectivity index (χ3v) is 4.09. The van der Waals surface area contributed by atoms with E-state index in [1.165, 1.54) is 0 Å². The molecule has 30 heavy (non-hydrogen) atoms. The Kier molecular flexibility index (Phi) is 6.58. The molecule has 0 aliphatic rings. The number of rotatable bonds is 8. The zero-order valence-electron chi connectivity index (χ0n) is 14.5. The summed E-state index contributed by atoms with van der Waals surface area (Å²) in [7, 11) is 0. The zero-order valence-corrected chi connectivity index (χ0v) is 14.5. The van der Waals surface area contributed by atoms with E-state index in [4.69, 9.17) is 0 Å². The molecule has 14 heteroatoms. The molecule has 1 rings (SSSR count). The zero-order chi connectivity index (χ0) is 24.0. The minimum absolute atomic E-state index is 0.0522. The van der Waals surface area contributed by atoms with Gasteiger partial charge in [-0.25, -0.2) is 0 Å². The van der Waals surface area contributed by atoms with Gasteiger partial charge in [-0.15, -0.1) is 0 Å². The second-order valence-corrected chi connectivity index (χ2v) is 6.25. The third-order valence-electron chi connectivity index (χ3n) is 4.09. The maximum Gasteiger partial charge on any atom is 0.460 e. The van der Waals surface area contributed by atoms with Crippen LogP contribution in [0.5, 0.6) is 0 Å². The summed E-state index contributed by atoms with van der Waals surface area (Å²) in [5, 5.41) is 0. The van der Waals surface area contributed by atoms with Crippen LogP contribution in [-0.2, 0) is 6.42 Å². The van der Waals surface area contributed by atoms with E-state index < -0.39 is 54.4 Å². The van der Waals surface area contributed by atoms with Gasteiger partial charge in [0.25, 0.3) is 0 Å². The molecule has 0 saturated carbocycles. The van der Waals surface area contributed by atoms with Crippen molar-refractivity contribution in [3.63, 3.8) is 0 Å². The lowest BCUT2D eigenvalue weighted by Gasteiger charge is -2.39. The van der Waals surface area contributed by atoms with Crippen LogP contribution in [0.25, 0.3) is 0 Å². The highest BCUT2D eigenvalue weighted by Gasteiger charge is 2.90. The Labute approximate surface area is 159 Å². The molecule has 0 aliphatic carbocycles. The SMILES string of the molecule is CC(=O)c1ccc(CCC(F)(F)C(F)(F)C(F)(F)C(F)(F)C(F)(F)C(F)(F)F)cc1. The molecular formula is C16H11F13O. The first-order valence-electron chi connectivity index (χ1n) is 7.69. The van der Waals surface area contributed by atoms with Crippen molar-refractivity contribution >= 4 is 5.78 Å². The molecule has 0 unspecified atom stereocenters. The normalized spacial score (nSPS) is 14.7. The molecule has 0 aromatic heterocycles. The Hall–Kier alpha value is -2.02. The summed E-state index contributed by atoms with van der Waals surface area (Å²) in [4.78, 5) is 11.0. The number of hydrogen-bond donors (Lipinski definition) is 0. The van der Waals surface area contributed by atoms with Gasteiger partial charge in [0.05, 0.1) is 0 Å². The molecule has 0 heterocycles. The van der Waals surface area contributed by atoms with Crippen LogP contribution in [0.2, 0.25) is 0 Å². The Morgan fingerprint density at radius 2 is 1.07 bits per heavy atom. The lowest BCUT2D eigenvalue weighted by atomic mass is 9.91. The number of alkyl halides is 13. The summed E-state index contributed by atoms with van der Waals surface area (Å²) >= 11 is 0. The van der Waals surface area contributed by atoms with Crippen LogP contribution in [0.15, 0.2) is 24.3 Å². The van der Waals surface area contributed by atoms with Crippen LogP contribution in [-0.4, -0.2) is 41.6 Å². The number of benzene rings is 1. The predicted octanol–water partition coefficient (Wildman–Crippen LogP) is 6.56. The molecule has 0 amide bonds. The minimum Gasteiger partial charge on any atom is -0.295 e. The van der Waals surface area contributed by atoms with Crippen molar-refractivity contribution in [3.05, 3.63) is 35.4 Å². The Balaban J connectivity index is 3.20. The number of hydrogen-bond acceptors (Lipinski definition) is 1. The van der Waals surface area contributed by atoms with Gasteiger partial charge in [0.15, 0.2) is 5.78 Å². The quantitative estimate of drug-likeness (QED) is 0.313. The maximum absolute atomic E-state index is 13.7. The number of carbonyl (C=O) groups excluding carboxylic acids is 1. The van der Waals surface area contributed by atoms with E-state index in [1.54, 1.807) is 0 Å². The van der Waals surface area contributed by atoms with Crippen LogP contribution < -0.4 is 0 Å². The number of aryl methyl sites for hydroxylation is 1. The monoisotopic (exact) mass is 466 g/mol. The van der Waals surface area contributed by atoms with Gasteiger partial charge >= 0.3 is 35.8 Å². The molecule has 1 nitrogen and oxygen atoms in total. The number of halogens is 13. The fourth-order valence-electron chi connectivity index (χ4n) is 2.17. The third kappa shape index (κ3) is 4.09. The Bertz CT molecular complexity index is 762. The van der Waals surface area contributed by atoms with Crippen molar-refractivity contribution in [2.24, 2.45) is 0 Å². The largest absolute Gasteiger partial charge is 0.460 e. The van der Waals surface area contributed by atoms with Gasteiger partial charge in [-0.1, -0.05) is 24.3 Å². The average molecular weight is 466 g/mol. The van der Waals surface area contributed by atoms with Crippen LogP contribution in [0, 0.1) is 0 Å². The van der Waals surface area contributed by atoms with E-state index in [1.807, 2.05) is 0 Å². The first-order valence-corrected chi connectivity index (χ1v) is 7.69. The molecular weight excluding hydrogens is 455 g/mol. The predicted molar refractivity (Wildman–Crippen MR) is 75.6 cm³/mol. The van der Waals surface area contributed by atoms with Crippen molar-refractivity contribution in [1.82, 2.24) is 0 Å². The van der Waals surface area contributed by atoms with Gasteiger partial charge in [-0.2, -0.15) is 57.1 Å². The molecule has 172 valence electrons. The van der Waals surface area contributed by atoms with Crippen molar-refractivity contribution in [1.29, 1.82) is 0 Å². The molecule has 0 spiro atoms. The van der Waals surface area contributed by atoms with Crippen molar-refractivity contribution in [2.75, 3.05) is 0 Å². The highest BCUT2D eigenvalue weighted by atomic mass is 19.4. The van der Waals surface area contributed by atoms with E-state index in [-0.39, 0.29) is 11.1 Å². The molecule has 1 aromatic carbocycles. The molecule has 0 saturated heterocycles. The maximum atomic E-state index is 13.7. The van der Waals surface area contributed by atoms with Gasteiger partial charge in [0.1, 0.15) is 0 Å². The van der Waals surface area contributed by atoms with E-state index in [2.05, 4.69) is 0 Å². The minimum atomic E-state index is -7.89. The van der Waals surface area contributed by atoms with Crippen LogP contribution in [0.1, 0.15) is 29.3 Å². The summed E-state index contributed by atoms with van der Waals surface area (Å²) in [6.45, 7) is 1.11. The molecule has 0 bridgehead atoms. The summed E-state index contributed by atoms with van der Waals surface area (Å²) < 4.78 is 169.